The van der Waals surface area contributed by atoms with E-state index in [1.165, 1.54) is 24.8 Å². The van der Waals surface area contributed by atoms with Crippen LogP contribution in [0.3, 0.4) is 0 Å². The summed E-state index contributed by atoms with van der Waals surface area (Å²) in [7, 11) is 0. The Morgan fingerprint density at radius 1 is 1.06 bits per heavy atom. The van der Waals surface area contributed by atoms with Crippen LogP contribution in [0.4, 0.5) is 5.69 Å². The molecule has 6 rings (SSSR count). The summed E-state index contributed by atoms with van der Waals surface area (Å²) in [6.07, 6.45) is 22.5. The second-order valence-electron chi connectivity index (χ2n) is 10.6. The van der Waals surface area contributed by atoms with E-state index in [0.29, 0.717) is 6.54 Å². The number of aromatic nitrogens is 6. The molecule has 1 fully saturated rings. The molecule has 8 heteroatoms. The molecule has 1 aliphatic heterocycles. The van der Waals surface area contributed by atoms with Crippen molar-refractivity contribution in [3.8, 4) is 11.3 Å². The van der Waals surface area contributed by atoms with E-state index in [-0.39, 0.29) is 5.41 Å². The van der Waals surface area contributed by atoms with Crippen LogP contribution in [0.15, 0.2) is 73.7 Å². The van der Waals surface area contributed by atoms with E-state index in [9.17, 15) is 0 Å². The Balaban J connectivity index is 1.13. The number of imidazole rings is 1. The van der Waals surface area contributed by atoms with Crippen LogP contribution in [-0.2, 0) is 13.1 Å². The molecule has 0 bridgehead atoms. The maximum Gasteiger partial charge on any atom is 0.137 e. The molecule has 0 saturated heterocycles. The molecule has 0 amide bonds. The first kappa shape index (κ1) is 22.7. The lowest BCUT2D eigenvalue weighted by Gasteiger charge is -2.25. The minimum absolute atomic E-state index is 0.0656. The third-order valence-electron chi connectivity index (χ3n) is 7.06. The van der Waals surface area contributed by atoms with Gasteiger partial charge >= 0.3 is 0 Å². The summed E-state index contributed by atoms with van der Waals surface area (Å²) in [5, 5.41) is 12.3. The number of nitrogens with one attached hydrogen (secondary N) is 1. The van der Waals surface area contributed by atoms with Crippen LogP contribution in [0, 0.1) is 11.3 Å². The molecule has 0 atom stereocenters. The van der Waals surface area contributed by atoms with Crippen LogP contribution in [0.25, 0.3) is 16.9 Å². The number of nitrogens with zero attached hydrogens (tertiary/aromatic N) is 7. The molecular formula is C28H32N8. The van der Waals surface area contributed by atoms with Gasteiger partial charge in [-0.05, 0) is 43.0 Å². The fourth-order valence-electron chi connectivity index (χ4n) is 4.59. The summed E-state index contributed by atoms with van der Waals surface area (Å²) in [6.45, 7) is 6.93. The molecule has 8 nitrogen and oxygen atoms in total. The second-order valence-corrected chi connectivity index (χ2v) is 10.6. The Hall–Kier alpha value is -3.78. The fraction of sp³-hybridized carbons (Fsp3) is 0.357. The Morgan fingerprint density at radius 3 is 2.72 bits per heavy atom. The van der Waals surface area contributed by atoms with E-state index < -0.39 is 0 Å². The molecule has 0 unspecified atom stereocenters. The number of rotatable bonds is 8. The van der Waals surface area contributed by atoms with Gasteiger partial charge in [-0.1, -0.05) is 43.7 Å². The number of fused-ring (bicyclic) bond motifs is 1. The number of anilines is 1. The maximum absolute atomic E-state index is 4.77. The van der Waals surface area contributed by atoms with Gasteiger partial charge in [0, 0.05) is 48.5 Å². The summed E-state index contributed by atoms with van der Waals surface area (Å²) in [5.74, 6) is 0.866. The molecule has 0 spiro atoms. The molecular weight excluding hydrogens is 448 g/mol. The van der Waals surface area contributed by atoms with E-state index in [2.05, 4.69) is 98.9 Å². The fourth-order valence-corrected chi connectivity index (χ4v) is 4.59. The zero-order chi connectivity index (χ0) is 24.5. The quantitative estimate of drug-likeness (QED) is 0.390. The van der Waals surface area contributed by atoms with E-state index in [1.54, 1.807) is 0 Å². The average molecular weight is 481 g/mol. The lowest BCUT2D eigenvalue weighted by molar-refractivity contribution is 0.301. The van der Waals surface area contributed by atoms with Gasteiger partial charge in [-0.3, -0.25) is 4.98 Å². The minimum atomic E-state index is 0.0656. The van der Waals surface area contributed by atoms with Crippen molar-refractivity contribution < 1.29 is 0 Å². The lowest BCUT2D eigenvalue weighted by atomic mass is 9.85. The molecule has 4 aromatic rings. The Bertz CT molecular complexity index is 1410. The average Bonchev–Trinajstić information content (AvgIpc) is 3.47. The molecule has 1 aliphatic carbocycles. The molecule has 4 aromatic heterocycles. The van der Waals surface area contributed by atoms with Gasteiger partial charge in [0.15, 0.2) is 0 Å². The third-order valence-corrected chi connectivity index (χ3v) is 7.06. The van der Waals surface area contributed by atoms with Crippen LogP contribution >= 0.6 is 0 Å². The monoisotopic (exact) mass is 480 g/mol. The van der Waals surface area contributed by atoms with E-state index >= 15 is 0 Å². The number of hydrogen-bond donors (Lipinski definition) is 1. The molecule has 1 saturated carbocycles. The zero-order valence-electron chi connectivity index (χ0n) is 20.9. The zero-order valence-corrected chi connectivity index (χ0v) is 20.9. The standard InChI is InChI=1S/C28H32N8/c1-28(2)8-10-34(11-9-28)25-12-23(15-30-16-25)26-20-36(33-32-26)19-24-18-35-17-22(6-7-27(35)31-24)14-29-13-21-4-3-5-21/h6-12,15-18,20-21,29H,3-5,13-14,19H2,1-2H3. The summed E-state index contributed by atoms with van der Waals surface area (Å²) in [6, 6.07) is 6.32. The Morgan fingerprint density at radius 2 is 1.92 bits per heavy atom. The smallest absolute Gasteiger partial charge is 0.137 e. The van der Waals surface area contributed by atoms with Gasteiger partial charge in [0.25, 0.3) is 0 Å². The SMILES string of the molecule is CC1(C)C=CN(c2cncc(-c3cn(Cc4cn5cc(CNCC6CCC6)ccc5n4)nn3)c2)C=C1. The highest BCUT2D eigenvalue weighted by atomic mass is 15.4. The van der Waals surface area contributed by atoms with Crippen LogP contribution in [0.1, 0.15) is 44.4 Å². The summed E-state index contributed by atoms with van der Waals surface area (Å²) in [4.78, 5) is 11.3. The van der Waals surface area contributed by atoms with E-state index in [0.717, 1.165) is 47.3 Å². The van der Waals surface area contributed by atoms with Crippen LogP contribution in [-0.4, -0.2) is 35.9 Å². The van der Waals surface area contributed by atoms with Gasteiger partial charge < -0.3 is 14.6 Å². The number of allylic oxidation sites excluding steroid dienone is 2. The molecule has 2 aliphatic rings. The number of pyridine rings is 2. The predicted molar refractivity (Wildman–Crippen MR) is 141 cm³/mol. The van der Waals surface area contributed by atoms with Gasteiger partial charge in [0.1, 0.15) is 11.3 Å². The second kappa shape index (κ2) is 9.35. The maximum atomic E-state index is 4.77. The van der Waals surface area contributed by atoms with Crippen LogP contribution < -0.4 is 10.2 Å². The molecule has 36 heavy (non-hydrogen) atoms. The number of hydrogen-bond acceptors (Lipinski definition) is 6. The van der Waals surface area contributed by atoms with Crippen molar-refractivity contribution in [2.24, 2.45) is 11.3 Å². The normalized spacial score (nSPS) is 17.1. The van der Waals surface area contributed by atoms with Gasteiger partial charge in [0.2, 0.25) is 0 Å². The van der Waals surface area contributed by atoms with Crippen molar-refractivity contribution in [1.29, 1.82) is 0 Å². The summed E-state index contributed by atoms with van der Waals surface area (Å²) < 4.78 is 3.93. The first-order chi connectivity index (χ1) is 17.5. The molecule has 0 radical (unpaired) electrons. The van der Waals surface area contributed by atoms with Crippen molar-refractivity contribution >= 4 is 11.3 Å². The van der Waals surface area contributed by atoms with E-state index in [1.807, 2.05) is 23.3 Å². The van der Waals surface area contributed by atoms with E-state index in [4.69, 9.17) is 4.98 Å². The van der Waals surface area contributed by atoms with Crippen LogP contribution in [0.2, 0.25) is 0 Å². The summed E-state index contributed by atoms with van der Waals surface area (Å²) in [5.41, 5.74) is 5.93. The summed E-state index contributed by atoms with van der Waals surface area (Å²) >= 11 is 0. The Labute approximate surface area is 211 Å². The van der Waals surface area contributed by atoms with Crippen molar-refractivity contribution in [1.82, 2.24) is 34.7 Å². The van der Waals surface area contributed by atoms with Gasteiger partial charge in [-0.25, -0.2) is 9.67 Å². The first-order valence-corrected chi connectivity index (χ1v) is 12.7. The lowest BCUT2D eigenvalue weighted by Crippen LogP contribution is -2.26. The van der Waals surface area contributed by atoms with Crippen LogP contribution in [0.5, 0.6) is 0 Å². The third kappa shape index (κ3) is 4.95. The molecule has 0 aromatic carbocycles. The van der Waals surface area contributed by atoms with Crippen molar-refractivity contribution in [3.63, 3.8) is 0 Å². The largest absolute Gasteiger partial charge is 0.323 e. The Kier molecular flexibility index (Phi) is 5.89. The highest BCUT2D eigenvalue weighted by Gasteiger charge is 2.17. The molecule has 184 valence electrons. The highest BCUT2D eigenvalue weighted by Crippen LogP contribution is 2.28. The first-order valence-electron chi connectivity index (χ1n) is 12.7. The predicted octanol–water partition coefficient (Wildman–Crippen LogP) is 4.80. The topological polar surface area (TPSA) is 76.2 Å². The van der Waals surface area contributed by atoms with Crippen molar-refractivity contribution in [2.75, 3.05) is 11.4 Å². The molecule has 5 heterocycles. The minimum Gasteiger partial charge on any atom is -0.323 e. The van der Waals surface area contributed by atoms with Gasteiger partial charge in [-0.15, -0.1) is 5.10 Å². The van der Waals surface area contributed by atoms with Crippen molar-refractivity contribution in [2.45, 2.75) is 46.2 Å². The van der Waals surface area contributed by atoms with Crippen molar-refractivity contribution in [3.05, 3.63) is 85.0 Å². The van der Waals surface area contributed by atoms with Gasteiger partial charge in [0.05, 0.1) is 30.3 Å². The molecule has 1 N–H and O–H groups in total. The van der Waals surface area contributed by atoms with Gasteiger partial charge in [-0.2, -0.15) is 0 Å². The highest BCUT2D eigenvalue weighted by molar-refractivity contribution is 5.65.